The summed E-state index contributed by atoms with van der Waals surface area (Å²) in [5.74, 6) is -2.08. The summed E-state index contributed by atoms with van der Waals surface area (Å²) in [4.78, 5) is 34.5. The molecule has 0 fully saturated rings. The summed E-state index contributed by atoms with van der Waals surface area (Å²) >= 11 is 0. The van der Waals surface area contributed by atoms with E-state index in [9.17, 15) is 14.4 Å². The quantitative estimate of drug-likeness (QED) is 0.660. The molecule has 1 aromatic rings. The number of unbranched alkanes of at least 4 members (excludes halogenated alkanes) is 1. The van der Waals surface area contributed by atoms with Gasteiger partial charge < -0.3 is 15.7 Å². The summed E-state index contributed by atoms with van der Waals surface area (Å²) in [5, 5.41) is 22.5. The second-order valence-electron chi connectivity index (χ2n) is 4.64. The highest BCUT2D eigenvalue weighted by Gasteiger charge is 2.21. The summed E-state index contributed by atoms with van der Waals surface area (Å²) < 4.78 is 0. The number of hydrogen-bond acceptors (Lipinski definition) is 4. The molecular formula is C15H17N3O4. The number of nitrogens with one attached hydrogen (secondary N) is 2. The van der Waals surface area contributed by atoms with Crippen LogP contribution in [0, 0.1) is 11.3 Å². The van der Waals surface area contributed by atoms with Crippen LogP contribution in [-0.4, -0.2) is 28.9 Å². The zero-order valence-corrected chi connectivity index (χ0v) is 12.1. The number of para-hydroxylation sites is 1. The molecule has 0 radical (unpaired) electrons. The number of hydrogen-bond donors (Lipinski definition) is 3. The third kappa shape index (κ3) is 5.25. The SMILES string of the molecule is CC(=O)Nc1ccccc1C(=O)N[C@H](CCCC#N)C(=O)O. The molecular weight excluding hydrogens is 286 g/mol. The van der Waals surface area contributed by atoms with Gasteiger partial charge in [0, 0.05) is 13.3 Å². The Morgan fingerprint density at radius 2 is 2.00 bits per heavy atom. The average Bonchev–Trinajstić information content (AvgIpc) is 2.46. The second-order valence-corrected chi connectivity index (χ2v) is 4.64. The normalized spacial score (nSPS) is 11.1. The Bertz CT molecular complexity index is 607. The van der Waals surface area contributed by atoms with E-state index in [0.29, 0.717) is 12.1 Å². The number of rotatable bonds is 7. The first-order valence-electron chi connectivity index (χ1n) is 6.73. The number of carbonyl (C=O) groups excluding carboxylic acids is 2. The standard InChI is InChI=1S/C15H17N3O4/c1-10(19)17-12-7-3-2-6-11(12)14(20)18-13(15(21)22)8-4-5-9-16/h2-3,6-7,13H,4-5,8H2,1H3,(H,17,19)(H,18,20)(H,21,22)/t13-/m1/s1. The highest BCUT2D eigenvalue weighted by Crippen LogP contribution is 2.15. The van der Waals surface area contributed by atoms with Gasteiger partial charge in [-0.2, -0.15) is 5.26 Å². The number of amides is 2. The van der Waals surface area contributed by atoms with Gasteiger partial charge in [0.05, 0.1) is 17.3 Å². The molecule has 2 amide bonds. The second kappa shape index (κ2) is 8.42. The molecule has 0 aliphatic heterocycles. The van der Waals surface area contributed by atoms with Crippen molar-refractivity contribution in [1.29, 1.82) is 5.26 Å². The molecule has 0 saturated carbocycles. The number of benzene rings is 1. The maximum Gasteiger partial charge on any atom is 0.326 e. The minimum atomic E-state index is -1.16. The van der Waals surface area contributed by atoms with Gasteiger partial charge in [0.2, 0.25) is 5.91 Å². The summed E-state index contributed by atoms with van der Waals surface area (Å²) in [6.45, 7) is 1.32. The zero-order chi connectivity index (χ0) is 16.5. The number of carbonyl (C=O) groups is 3. The molecule has 0 saturated heterocycles. The van der Waals surface area contributed by atoms with Crippen molar-refractivity contribution >= 4 is 23.5 Å². The topological polar surface area (TPSA) is 119 Å². The first-order valence-corrected chi connectivity index (χ1v) is 6.73. The van der Waals surface area contributed by atoms with Crippen molar-refractivity contribution in [3.05, 3.63) is 29.8 Å². The van der Waals surface area contributed by atoms with Crippen LogP contribution in [0.3, 0.4) is 0 Å². The molecule has 0 unspecified atom stereocenters. The number of carboxylic acid groups (broad SMARTS) is 1. The molecule has 0 aliphatic carbocycles. The van der Waals surface area contributed by atoms with E-state index in [1.807, 2.05) is 6.07 Å². The van der Waals surface area contributed by atoms with Gasteiger partial charge in [-0.15, -0.1) is 0 Å². The fraction of sp³-hybridized carbons (Fsp3) is 0.333. The van der Waals surface area contributed by atoms with Crippen molar-refractivity contribution < 1.29 is 19.5 Å². The van der Waals surface area contributed by atoms with E-state index in [4.69, 9.17) is 10.4 Å². The molecule has 1 rings (SSSR count). The molecule has 0 heterocycles. The molecule has 22 heavy (non-hydrogen) atoms. The smallest absolute Gasteiger partial charge is 0.326 e. The summed E-state index contributed by atoms with van der Waals surface area (Å²) in [5.41, 5.74) is 0.498. The number of anilines is 1. The summed E-state index contributed by atoms with van der Waals surface area (Å²) in [6.07, 6.45) is 0.764. The van der Waals surface area contributed by atoms with Crippen molar-refractivity contribution in [2.45, 2.75) is 32.2 Å². The lowest BCUT2D eigenvalue weighted by Gasteiger charge is -2.15. The minimum absolute atomic E-state index is 0.164. The molecule has 0 bridgehead atoms. The van der Waals surface area contributed by atoms with E-state index in [0.717, 1.165) is 0 Å². The Morgan fingerprint density at radius 1 is 1.32 bits per heavy atom. The van der Waals surface area contributed by atoms with Crippen molar-refractivity contribution in [2.75, 3.05) is 5.32 Å². The van der Waals surface area contributed by atoms with Gasteiger partial charge in [-0.25, -0.2) is 4.79 Å². The molecule has 1 aromatic carbocycles. The minimum Gasteiger partial charge on any atom is -0.480 e. The Morgan fingerprint density at radius 3 is 2.59 bits per heavy atom. The van der Waals surface area contributed by atoms with E-state index in [-0.39, 0.29) is 24.3 Å². The van der Waals surface area contributed by atoms with Gasteiger partial charge in [0.1, 0.15) is 6.04 Å². The molecule has 0 aliphatic rings. The number of carboxylic acids is 1. The molecule has 3 N–H and O–H groups in total. The van der Waals surface area contributed by atoms with E-state index >= 15 is 0 Å². The van der Waals surface area contributed by atoms with Crippen molar-refractivity contribution in [1.82, 2.24) is 5.32 Å². The van der Waals surface area contributed by atoms with Crippen molar-refractivity contribution in [3.63, 3.8) is 0 Å². The van der Waals surface area contributed by atoms with E-state index in [2.05, 4.69) is 10.6 Å². The lowest BCUT2D eigenvalue weighted by Crippen LogP contribution is -2.41. The lowest BCUT2D eigenvalue weighted by molar-refractivity contribution is -0.139. The Hall–Kier alpha value is -2.88. The van der Waals surface area contributed by atoms with Crippen LogP contribution in [0.15, 0.2) is 24.3 Å². The maximum absolute atomic E-state index is 12.2. The fourth-order valence-electron chi connectivity index (χ4n) is 1.86. The van der Waals surface area contributed by atoms with Crippen LogP contribution in [0.2, 0.25) is 0 Å². The average molecular weight is 303 g/mol. The van der Waals surface area contributed by atoms with Crippen LogP contribution in [-0.2, 0) is 9.59 Å². The fourth-order valence-corrected chi connectivity index (χ4v) is 1.86. The Kier molecular flexibility index (Phi) is 6.57. The number of nitriles is 1. The third-order valence-corrected chi connectivity index (χ3v) is 2.87. The van der Waals surface area contributed by atoms with Crippen LogP contribution >= 0.6 is 0 Å². The van der Waals surface area contributed by atoms with Crippen LogP contribution < -0.4 is 10.6 Å². The molecule has 116 valence electrons. The van der Waals surface area contributed by atoms with Crippen LogP contribution in [0.4, 0.5) is 5.69 Å². The van der Waals surface area contributed by atoms with Crippen LogP contribution in [0.5, 0.6) is 0 Å². The predicted octanol–water partition coefficient (Wildman–Crippen LogP) is 1.52. The number of aliphatic carboxylic acids is 1. The van der Waals surface area contributed by atoms with Crippen LogP contribution in [0.1, 0.15) is 36.5 Å². The highest BCUT2D eigenvalue weighted by atomic mass is 16.4. The van der Waals surface area contributed by atoms with Gasteiger partial charge in [0.25, 0.3) is 5.91 Å². The lowest BCUT2D eigenvalue weighted by atomic mass is 10.1. The maximum atomic E-state index is 12.2. The van der Waals surface area contributed by atoms with E-state index in [1.165, 1.54) is 13.0 Å². The van der Waals surface area contributed by atoms with Gasteiger partial charge in [-0.05, 0) is 25.0 Å². The van der Waals surface area contributed by atoms with Crippen LogP contribution in [0.25, 0.3) is 0 Å². The monoisotopic (exact) mass is 303 g/mol. The van der Waals surface area contributed by atoms with Gasteiger partial charge in [0.15, 0.2) is 0 Å². The first kappa shape index (κ1) is 17.2. The van der Waals surface area contributed by atoms with Gasteiger partial charge in [-0.3, -0.25) is 9.59 Å². The Balaban J connectivity index is 2.84. The van der Waals surface area contributed by atoms with Gasteiger partial charge in [-0.1, -0.05) is 12.1 Å². The Labute approximate surface area is 127 Å². The molecule has 7 nitrogen and oxygen atoms in total. The molecule has 1 atom stereocenters. The third-order valence-electron chi connectivity index (χ3n) is 2.87. The highest BCUT2D eigenvalue weighted by molar-refractivity contribution is 6.04. The summed E-state index contributed by atoms with van der Waals surface area (Å²) in [7, 11) is 0. The van der Waals surface area contributed by atoms with Crippen molar-refractivity contribution in [3.8, 4) is 6.07 Å². The molecule has 0 aromatic heterocycles. The van der Waals surface area contributed by atoms with E-state index in [1.54, 1.807) is 18.2 Å². The molecule has 7 heteroatoms. The largest absolute Gasteiger partial charge is 0.480 e. The first-order chi connectivity index (χ1) is 10.5. The summed E-state index contributed by atoms with van der Waals surface area (Å²) in [6, 6.07) is 7.17. The zero-order valence-electron chi connectivity index (χ0n) is 12.1. The van der Waals surface area contributed by atoms with Gasteiger partial charge >= 0.3 is 5.97 Å². The number of nitrogens with zero attached hydrogens (tertiary/aromatic N) is 1. The predicted molar refractivity (Wildman–Crippen MR) is 79.1 cm³/mol. The van der Waals surface area contributed by atoms with E-state index < -0.39 is 17.9 Å². The van der Waals surface area contributed by atoms with Crippen molar-refractivity contribution in [2.24, 2.45) is 0 Å². The molecule has 0 spiro atoms.